The van der Waals surface area contributed by atoms with Crippen molar-refractivity contribution in [3.8, 4) is 0 Å². The van der Waals surface area contributed by atoms with E-state index in [9.17, 15) is 4.79 Å². The molecule has 1 amide bonds. The molecular weight excluding hydrogens is 282 g/mol. The minimum atomic E-state index is -0.481. The molecule has 0 radical (unpaired) electrons. The molecule has 0 saturated carbocycles. The van der Waals surface area contributed by atoms with Crippen molar-refractivity contribution >= 4 is 6.09 Å². The van der Waals surface area contributed by atoms with E-state index in [1.807, 2.05) is 27.7 Å². The van der Waals surface area contributed by atoms with Crippen LogP contribution in [0.2, 0.25) is 0 Å². The Balaban J connectivity index is 1.80. The second-order valence-electron chi connectivity index (χ2n) is 7.23. The fourth-order valence-electron chi connectivity index (χ4n) is 3.12. The fraction of sp³-hybridized carbons (Fsp3) is 0.750. The van der Waals surface area contributed by atoms with Gasteiger partial charge < -0.3 is 14.4 Å². The van der Waals surface area contributed by atoms with Crippen LogP contribution in [0.3, 0.4) is 0 Å². The quantitative estimate of drug-likeness (QED) is 0.866. The lowest BCUT2D eigenvalue weighted by molar-refractivity contribution is 0.0134. The van der Waals surface area contributed by atoms with Crippen molar-refractivity contribution < 1.29 is 14.3 Å². The van der Waals surface area contributed by atoms with Crippen LogP contribution >= 0.6 is 0 Å². The second-order valence-corrected chi connectivity index (χ2v) is 7.23. The number of aromatic amines is 1. The minimum absolute atomic E-state index is 0.0638. The van der Waals surface area contributed by atoms with Gasteiger partial charge in [0.25, 0.3) is 0 Å². The van der Waals surface area contributed by atoms with Gasteiger partial charge in [0.05, 0.1) is 12.2 Å². The largest absolute Gasteiger partial charge is 0.444 e. The number of nitrogens with one attached hydrogen (secondary N) is 1. The zero-order valence-corrected chi connectivity index (χ0v) is 13.8. The highest BCUT2D eigenvalue weighted by molar-refractivity contribution is 5.69. The first kappa shape index (κ1) is 15.3. The Bertz CT molecular complexity index is 555. The molecule has 3 heterocycles. The second kappa shape index (κ2) is 5.57. The molecule has 6 nitrogen and oxygen atoms in total. The third-order valence-electron chi connectivity index (χ3n) is 4.21. The molecule has 2 aliphatic heterocycles. The highest BCUT2D eigenvalue weighted by atomic mass is 16.6. The van der Waals surface area contributed by atoms with Gasteiger partial charge in [-0.05, 0) is 40.5 Å². The van der Waals surface area contributed by atoms with Gasteiger partial charge in [-0.25, -0.2) is 4.79 Å². The maximum absolute atomic E-state index is 12.4. The maximum Gasteiger partial charge on any atom is 0.410 e. The summed E-state index contributed by atoms with van der Waals surface area (Å²) in [5.74, 6) is 0. The average Bonchev–Trinajstić information content (AvgIpc) is 3.02. The molecule has 1 unspecified atom stereocenters. The number of carbonyl (C=O) groups excluding carboxylic acids is 1. The highest BCUT2D eigenvalue weighted by Gasteiger charge is 2.35. The van der Waals surface area contributed by atoms with E-state index >= 15 is 0 Å². The van der Waals surface area contributed by atoms with Crippen molar-refractivity contribution in [2.75, 3.05) is 6.61 Å². The number of hydrogen-bond acceptors (Lipinski definition) is 4. The summed E-state index contributed by atoms with van der Waals surface area (Å²) in [5.41, 5.74) is 2.71. The first-order valence-corrected chi connectivity index (χ1v) is 8.02. The van der Waals surface area contributed by atoms with Crippen molar-refractivity contribution in [1.29, 1.82) is 0 Å². The molecule has 1 aromatic heterocycles. The third kappa shape index (κ3) is 2.97. The van der Waals surface area contributed by atoms with E-state index in [4.69, 9.17) is 9.47 Å². The molecule has 1 N–H and O–H groups in total. The first-order chi connectivity index (χ1) is 10.3. The number of aromatic nitrogens is 2. The van der Waals surface area contributed by atoms with Gasteiger partial charge in [0.2, 0.25) is 0 Å². The summed E-state index contributed by atoms with van der Waals surface area (Å²) in [5, 5.41) is 7.59. The number of amides is 1. The molecule has 0 spiro atoms. The van der Waals surface area contributed by atoms with Gasteiger partial charge in [-0.1, -0.05) is 0 Å². The van der Waals surface area contributed by atoms with Crippen molar-refractivity contribution in [2.24, 2.45) is 0 Å². The Morgan fingerprint density at radius 1 is 1.45 bits per heavy atom. The van der Waals surface area contributed by atoms with E-state index in [1.165, 1.54) is 0 Å². The Hall–Kier alpha value is -1.56. The number of H-pyrrole nitrogens is 1. The van der Waals surface area contributed by atoms with Crippen LogP contribution in [0.15, 0.2) is 0 Å². The molecule has 1 fully saturated rings. The molecule has 1 aromatic rings. The number of ether oxygens (including phenoxy) is 2. The lowest BCUT2D eigenvalue weighted by Gasteiger charge is -2.35. The standard InChI is InChI=1S/C16H25N3O3/c1-10-8-12-11(9-19(10)15(20)22-16(2,3)4)14(18-17-12)13-6-5-7-21-13/h10,13H,5-9H2,1-4H3,(H,17,18)/t10-,13?/m0/s1. The van der Waals surface area contributed by atoms with E-state index < -0.39 is 5.60 Å². The zero-order valence-electron chi connectivity index (χ0n) is 13.8. The molecule has 122 valence electrons. The number of nitrogens with zero attached hydrogens (tertiary/aromatic N) is 2. The molecule has 0 bridgehead atoms. The number of fused-ring (bicyclic) bond motifs is 1. The van der Waals surface area contributed by atoms with Gasteiger partial charge in [0, 0.05) is 30.3 Å². The molecule has 6 heteroatoms. The Morgan fingerprint density at radius 3 is 2.86 bits per heavy atom. The minimum Gasteiger partial charge on any atom is -0.444 e. The number of hydrogen-bond donors (Lipinski definition) is 1. The van der Waals surface area contributed by atoms with E-state index in [2.05, 4.69) is 10.2 Å². The lowest BCUT2D eigenvalue weighted by Crippen LogP contribution is -2.45. The number of carbonyl (C=O) groups is 1. The van der Waals surface area contributed by atoms with Crippen LogP contribution in [0.1, 0.15) is 63.6 Å². The molecule has 2 atom stereocenters. The van der Waals surface area contributed by atoms with Crippen LogP contribution in [-0.2, 0) is 22.4 Å². The molecule has 22 heavy (non-hydrogen) atoms. The van der Waals surface area contributed by atoms with E-state index in [1.54, 1.807) is 4.90 Å². The summed E-state index contributed by atoms with van der Waals surface area (Å²) in [6.45, 7) is 9.04. The Labute approximate surface area is 131 Å². The predicted octanol–water partition coefficient (Wildman–Crippen LogP) is 2.94. The molecular formula is C16H25N3O3. The fourth-order valence-corrected chi connectivity index (χ4v) is 3.12. The SMILES string of the molecule is C[C@H]1Cc2[nH]nc(C3CCCO3)c2CN1C(=O)OC(C)(C)C. The molecule has 0 aromatic carbocycles. The zero-order chi connectivity index (χ0) is 15.9. The average molecular weight is 307 g/mol. The smallest absolute Gasteiger partial charge is 0.410 e. The Kier molecular flexibility index (Phi) is 3.89. The van der Waals surface area contributed by atoms with Crippen LogP contribution in [0.25, 0.3) is 0 Å². The lowest BCUT2D eigenvalue weighted by atomic mass is 9.97. The highest BCUT2D eigenvalue weighted by Crippen LogP contribution is 2.34. The van der Waals surface area contributed by atoms with Gasteiger partial charge in [-0.2, -0.15) is 5.10 Å². The van der Waals surface area contributed by atoms with E-state index in [0.717, 1.165) is 42.8 Å². The maximum atomic E-state index is 12.4. The molecule has 3 rings (SSSR count). The molecule has 0 aliphatic carbocycles. The Morgan fingerprint density at radius 2 is 2.23 bits per heavy atom. The van der Waals surface area contributed by atoms with Crippen LogP contribution < -0.4 is 0 Å². The summed E-state index contributed by atoms with van der Waals surface area (Å²) < 4.78 is 11.3. The first-order valence-electron chi connectivity index (χ1n) is 8.02. The molecule has 2 aliphatic rings. The van der Waals surface area contributed by atoms with E-state index in [0.29, 0.717) is 6.54 Å². The van der Waals surface area contributed by atoms with Crippen LogP contribution in [0.5, 0.6) is 0 Å². The van der Waals surface area contributed by atoms with E-state index in [-0.39, 0.29) is 18.2 Å². The normalized spacial score (nSPS) is 25.2. The summed E-state index contributed by atoms with van der Waals surface area (Å²) in [6.07, 6.45) is 2.64. The monoisotopic (exact) mass is 307 g/mol. The van der Waals surface area contributed by atoms with Crippen molar-refractivity contribution in [3.63, 3.8) is 0 Å². The third-order valence-corrected chi connectivity index (χ3v) is 4.21. The van der Waals surface area contributed by atoms with Gasteiger partial charge in [0.15, 0.2) is 0 Å². The van der Waals surface area contributed by atoms with Gasteiger partial charge >= 0.3 is 6.09 Å². The van der Waals surface area contributed by atoms with Gasteiger partial charge in [0.1, 0.15) is 11.7 Å². The predicted molar refractivity (Wildman–Crippen MR) is 81.5 cm³/mol. The summed E-state index contributed by atoms with van der Waals surface area (Å²) in [6, 6.07) is 0.0974. The van der Waals surface area contributed by atoms with Crippen molar-refractivity contribution in [1.82, 2.24) is 15.1 Å². The van der Waals surface area contributed by atoms with Crippen molar-refractivity contribution in [3.05, 3.63) is 17.0 Å². The topological polar surface area (TPSA) is 67.5 Å². The van der Waals surface area contributed by atoms with Gasteiger partial charge in [-0.3, -0.25) is 5.10 Å². The van der Waals surface area contributed by atoms with Crippen LogP contribution in [0.4, 0.5) is 4.79 Å². The van der Waals surface area contributed by atoms with Crippen molar-refractivity contribution in [2.45, 2.75) is 71.2 Å². The molecule has 1 saturated heterocycles. The van der Waals surface area contributed by atoms with Crippen LogP contribution in [0, 0.1) is 0 Å². The summed E-state index contributed by atoms with van der Waals surface area (Å²) in [7, 11) is 0. The van der Waals surface area contributed by atoms with Gasteiger partial charge in [-0.15, -0.1) is 0 Å². The number of rotatable bonds is 1. The summed E-state index contributed by atoms with van der Waals surface area (Å²) in [4.78, 5) is 14.2. The summed E-state index contributed by atoms with van der Waals surface area (Å²) >= 11 is 0. The van der Waals surface area contributed by atoms with Crippen LogP contribution in [-0.4, -0.2) is 39.4 Å².